The second-order valence-electron chi connectivity index (χ2n) is 2.28. The van der Waals surface area contributed by atoms with Crippen LogP contribution in [0.1, 0.15) is 17.3 Å². The molecule has 0 aliphatic carbocycles. The first-order valence-corrected chi connectivity index (χ1v) is 3.14. The van der Waals surface area contributed by atoms with Crippen molar-refractivity contribution in [2.45, 2.75) is 6.92 Å². The van der Waals surface area contributed by atoms with Gasteiger partial charge >= 0.3 is 0 Å². The summed E-state index contributed by atoms with van der Waals surface area (Å²) in [5.74, 6) is -0.251. The maximum absolute atomic E-state index is 11.1. The summed E-state index contributed by atoms with van der Waals surface area (Å²) >= 11 is 0. The Morgan fingerprint density at radius 1 is 1.64 bits per heavy atom. The van der Waals surface area contributed by atoms with Crippen LogP contribution in [0.3, 0.4) is 0 Å². The van der Waals surface area contributed by atoms with E-state index < -0.39 is 0 Å². The minimum absolute atomic E-state index is 0.134. The molecule has 1 heterocycles. The van der Waals surface area contributed by atoms with Crippen molar-refractivity contribution >= 4 is 5.78 Å². The lowest BCUT2D eigenvalue weighted by atomic mass is 10.2. The number of hydrogen-bond donors (Lipinski definition) is 0. The molecule has 0 bridgehead atoms. The quantitative estimate of drug-likeness (QED) is 0.531. The molecule has 4 nitrogen and oxygen atoms in total. The number of aromatic nitrogens is 2. The molecule has 0 aromatic carbocycles. The molecule has 1 rings (SSSR count). The lowest BCUT2D eigenvalue weighted by Gasteiger charge is -1.96. The smallest absolute Gasteiger partial charge is 0.263 e. The van der Waals surface area contributed by atoms with Crippen LogP contribution in [0.4, 0.5) is 0 Å². The van der Waals surface area contributed by atoms with Crippen LogP contribution in [-0.2, 0) is 7.05 Å². The molecule has 0 fully saturated rings. The standard InChI is InChI=1S/C7H8N2O2/c1-5(10)6-3-8-4-9(2)7(6)11/h3-4H,1-2H3. The van der Waals surface area contributed by atoms with Gasteiger partial charge in [0.15, 0.2) is 5.78 Å². The first kappa shape index (κ1) is 7.65. The van der Waals surface area contributed by atoms with Gasteiger partial charge in [0.2, 0.25) is 0 Å². The SMILES string of the molecule is CC(=O)c1cncn(C)c1=O. The second-order valence-corrected chi connectivity index (χ2v) is 2.28. The third-order valence-electron chi connectivity index (χ3n) is 1.37. The highest BCUT2D eigenvalue weighted by atomic mass is 16.1. The maximum atomic E-state index is 11.1. The average Bonchev–Trinajstić information content (AvgIpc) is 1.94. The number of nitrogens with zero attached hydrogens (tertiary/aromatic N) is 2. The molecule has 0 radical (unpaired) electrons. The van der Waals surface area contributed by atoms with Gasteiger partial charge in [-0.2, -0.15) is 0 Å². The minimum atomic E-state index is -0.299. The number of Topliss-reactive ketones (excluding diaryl/α,β-unsaturated/α-hetero) is 1. The van der Waals surface area contributed by atoms with E-state index in [4.69, 9.17) is 0 Å². The summed E-state index contributed by atoms with van der Waals surface area (Å²) in [5.41, 5.74) is -0.164. The van der Waals surface area contributed by atoms with Crippen molar-refractivity contribution in [2.24, 2.45) is 7.05 Å². The Kier molecular flexibility index (Phi) is 1.85. The Morgan fingerprint density at radius 2 is 2.27 bits per heavy atom. The Morgan fingerprint density at radius 3 is 2.73 bits per heavy atom. The molecule has 1 aromatic heterocycles. The Hall–Kier alpha value is -1.45. The van der Waals surface area contributed by atoms with Crippen LogP contribution in [0.2, 0.25) is 0 Å². The fraction of sp³-hybridized carbons (Fsp3) is 0.286. The van der Waals surface area contributed by atoms with Crippen LogP contribution in [0.15, 0.2) is 17.3 Å². The normalized spacial score (nSPS) is 9.64. The van der Waals surface area contributed by atoms with Gasteiger partial charge < -0.3 is 4.57 Å². The molecule has 1 aromatic rings. The van der Waals surface area contributed by atoms with Crippen molar-refractivity contribution in [3.63, 3.8) is 0 Å². The molecule has 0 N–H and O–H groups in total. The van der Waals surface area contributed by atoms with Crippen molar-refractivity contribution in [3.05, 3.63) is 28.4 Å². The summed E-state index contributed by atoms with van der Waals surface area (Å²) < 4.78 is 1.27. The van der Waals surface area contributed by atoms with E-state index >= 15 is 0 Å². The maximum Gasteiger partial charge on any atom is 0.263 e. The zero-order valence-electron chi connectivity index (χ0n) is 6.37. The number of ketones is 1. The third kappa shape index (κ3) is 1.34. The molecule has 58 valence electrons. The van der Waals surface area contributed by atoms with Crippen molar-refractivity contribution in [1.29, 1.82) is 0 Å². The van der Waals surface area contributed by atoms with E-state index in [0.717, 1.165) is 0 Å². The van der Waals surface area contributed by atoms with Crippen LogP contribution in [0, 0.1) is 0 Å². The Balaban J connectivity index is 3.40. The lowest BCUT2D eigenvalue weighted by Crippen LogP contribution is -2.23. The zero-order valence-corrected chi connectivity index (χ0v) is 6.37. The fourth-order valence-electron chi connectivity index (χ4n) is 0.747. The molecule has 0 saturated carbocycles. The van der Waals surface area contributed by atoms with Gasteiger partial charge in [-0.25, -0.2) is 4.98 Å². The van der Waals surface area contributed by atoms with E-state index in [0.29, 0.717) is 0 Å². The van der Waals surface area contributed by atoms with E-state index in [-0.39, 0.29) is 16.9 Å². The summed E-state index contributed by atoms with van der Waals surface area (Å²) in [5, 5.41) is 0. The van der Waals surface area contributed by atoms with Gasteiger partial charge in [0.1, 0.15) is 5.56 Å². The third-order valence-corrected chi connectivity index (χ3v) is 1.37. The van der Waals surface area contributed by atoms with Gasteiger partial charge in [0.25, 0.3) is 5.56 Å². The molecule has 0 amide bonds. The van der Waals surface area contributed by atoms with Crippen LogP contribution in [0.25, 0.3) is 0 Å². The van der Waals surface area contributed by atoms with Crippen molar-refractivity contribution in [1.82, 2.24) is 9.55 Å². The molecule has 11 heavy (non-hydrogen) atoms. The van der Waals surface area contributed by atoms with E-state index in [9.17, 15) is 9.59 Å². The highest BCUT2D eigenvalue weighted by molar-refractivity contribution is 5.93. The molecule has 4 heteroatoms. The minimum Gasteiger partial charge on any atom is -0.302 e. The number of carbonyl (C=O) groups is 1. The molecular formula is C7H8N2O2. The van der Waals surface area contributed by atoms with Crippen LogP contribution in [-0.4, -0.2) is 15.3 Å². The van der Waals surface area contributed by atoms with E-state index in [2.05, 4.69) is 4.98 Å². The summed E-state index contributed by atoms with van der Waals surface area (Å²) in [7, 11) is 1.56. The lowest BCUT2D eigenvalue weighted by molar-refractivity contribution is 0.101. The van der Waals surface area contributed by atoms with Gasteiger partial charge in [-0.1, -0.05) is 0 Å². The summed E-state index contributed by atoms with van der Waals surface area (Å²) in [4.78, 5) is 25.6. The van der Waals surface area contributed by atoms with Crippen molar-refractivity contribution in [2.75, 3.05) is 0 Å². The fourth-order valence-corrected chi connectivity index (χ4v) is 0.747. The number of hydrogen-bond acceptors (Lipinski definition) is 3. The molecule has 0 aliphatic heterocycles. The molecule has 0 unspecified atom stereocenters. The summed E-state index contributed by atoms with van der Waals surface area (Å²) in [6, 6.07) is 0. The first-order valence-electron chi connectivity index (χ1n) is 3.14. The van der Waals surface area contributed by atoms with Gasteiger partial charge in [-0.15, -0.1) is 0 Å². The highest BCUT2D eigenvalue weighted by Gasteiger charge is 2.04. The topological polar surface area (TPSA) is 52.0 Å². The van der Waals surface area contributed by atoms with Crippen molar-refractivity contribution < 1.29 is 4.79 Å². The summed E-state index contributed by atoms with van der Waals surface area (Å²) in [6.07, 6.45) is 2.65. The predicted octanol–water partition coefficient (Wildman–Crippen LogP) is -0.0171. The molecule has 0 saturated heterocycles. The van der Waals surface area contributed by atoms with Gasteiger partial charge in [-0.3, -0.25) is 9.59 Å². The highest BCUT2D eigenvalue weighted by Crippen LogP contribution is 1.87. The van der Waals surface area contributed by atoms with E-state index in [1.165, 1.54) is 24.0 Å². The molecule has 0 atom stereocenters. The van der Waals surface area contributed by atoms with Gasteiger partial charge in [0, 0.05) is 13.2 Å². The number of rotatable bonds is 1. The van der Waals surface area contributed by atoms with E-state index in [1.807, 2.05) is 0 Å². The zero-order chi connectivity index (χ0) is 8.43. The first-order chi connectivity index (χ1) is 5.13. The molecule has 0 spiro atoms. The van der Waals surface area contributed by atoms with Gasteiger partial charge in [-0.05, 0) is 6.92 Å². The van der Waals surface area contributed by atoms with Gasteiger partial charge in [0.05, 0.1) is 6.33 Å². The van der Waals surface area contributed by atoms with Crippen LogP contribution >= 0.6 is 0 Å². The number of carbonyl (C=O) groups excluding carboxylic acids is 1. The van der Waals surface area contributed by atoms with Crippen molar-refractivity contribution in [3.8, 4) is 0 Å². The average molecular weight is 152 g/mol. The van der Waals surface area contributed by atoms with E-state index in [1.54, 1.807) is 7.05 Å². The second kappa shape index (κ2) is 2.65. The van der Waals surface area contributed by atoms with Crippen LogP contribution in [0.5, 0.6) is 0 Å². The largest absolute Gasteiger partial charge is 0.302 e. The number of aryl methyl sites for hydroxylation is 1. The molecular weight excluding hydrogens is 144 g/mol. The summed E-state index contributed by atoms with van der Waals surface area (Å²) in [6.45, 7) is 1.35. The molecule has 0 aliphatic rings. The Labute approximate surface area is 63.5 Å². The monoisotopic (exact) mass is 152 g/mol. The Bertz CT molecular complexity index is 341. The predicted molar refractivity (Wildman–Crippen MR) is 39.5 cm³/mol. The van der Waals surface area contributed by atoms with Crippen LogP contribution < -0.4 is 5.56 Å².